The molecule has 3 heteroatoms. The van der Waals surface area contributed by atoms with Crippen LogP contribution in [0.3, 0.4) is 0 Å². The van der Waals surface area contributed by atoms with E-state index in [1.807, 2.05) is 25.1 Å². The molecule has 2 rings (SSSR count). The fraction of sp³-hybridized carbons (Fsp3) is 0.400. The summed E-state index contributed by atoms with van der Waals surface area (Å²) in [4.78, 5) is 0. The minimum atomic E-state index is -0.527. The number of halogens is 1. The summed E-state index contributed by atoms with van der Waals surface area (Å²) in [7, 11) is 0. The molecule has 0 aromatic heterocycles. The molecule has 70 valence electrons. The Balaban J connectivity index is 2.37. The van der Waals surface area contributed by atoms with Crippen molar-refractivity contribution < 1.29 is 4.74 Å². The normalized spacial score (nSPS) is 26.4. The molecule has 1 aromatic carbocycles. The van der Waals surface area contributed by atoms with Gasteiger partial charge in [-0.05, 0) is 37.1 Å². The molecule has 0 aliphatic carbocycles. The Hall–Kier alpha value is -0.730. The number of nitrogens with two attached hydrogens (primary N) is 1. The minimum absolute atomic E-state index is 0.527. The first-order valence-electron chi connectivity index (χ1n) is 4.33. The van der Waals surface area contributed by atoms with Crippen LogP contribution in [0.2, 0.25) is 5.02 Å². The zero-order chi connectivity index (χ0) is 9.47. The summed E-state index contributed by atoms with van der Waals surface area (Å²) >= 11 is 5.86. The van der Waals surface area contributed by atoms with E-state index in [9.17, 15) is 0 Å². The van der Waals surface area contributed by atoms with Gasteiger partial charge in [0.05, 0.1) is 0 Å². The van der Waals surface area contributed by atoms with Crippen LogP contribution in [0.4, 0.5) is 0 Å². The van der Waals surface area contributed by atoms with Crippen LogP contribution >= 0.6 is 11.6 Å². The third-order valence-corrected chi connectivity index (χ3v) is 2.49. The average Bonchev–Trinajstić information content (AvgIpc) is 2.05. The number of rotatable bonds is 0. The number of benzene rings is 1. The van der Waals surface area contributed by atoms with Gasteiger partial charge in [-0.2, -0.15) is 0 Å². The summed E-state index contributed by atoms with van der Waals surface area (Å²) in [5.74, 6) is 0.862. The molecule has 0 spiro atoms. The van der Waals surface area contributed by atoms with Crippen LogP contribution in [0.1, 0.15) is 18.9 Å². The molecule has 1 heterocycles. The van der Waals surface area contributed by atoms with Crippen LogP contribution < -0.4 is 10.5 Å². The Bertz CT molecular complexity index is 336. The SMILES string of the molecule is CC1(N)CCc2cc(Cl)ccc2O1. The van der Waals surface area contributed by atoms with Gasteiger partial charge in [-0.15, -0.1) is 0 Å². The summed E-state index contributed by atoms with van der Waals surface area (Å²) in [6, 6.07) is 5.63. The zero-order valence-corrected chi connectivity index (χ0v) is 8.27. The molecular formula is C10H12ClNO. The highest BCUT2D eigenvalue weighted by Crippen LogP contribution is 2.32. The Morgan fingerprint density at radius 1 is 1.54 bits per heavy atom. The molecule has 0 bridgehead atoms. The summed E-state index contributed by atoms with van der Waals surface area (Å²) < 4.78 is 5.59. The topological polar surface area (TPSA) is 35.2 Å². The molecule has 0 amide bonds. The number of hydrogen-bond donors (Lipinski definition) is 1. The molecule has 0 fully saturated rings. The van der Waals surface area contributed by atoms with Crippen molar-refractivity contribution in [3.05, 3.63) is 28.8 Å². The molecule has 1 aliphatic heterocycles. The Kier molecular flexibility index (Phi) is 1.97. The van der Waals surface area contributed by atoms with Gasteiger partial charge in [0.2, 0.25) is 0 Å². The molecule has 2 nitrogen and oxygen atoms in total. The van der Waals surface area contributed by atoms with E-state index in [1.54, 1.807) is 0 Å². The third-order valence-electron chi connectivity index (χ3n) is 2.26. The molecular weight excluding hydrogens is 186 g/mol. The predicted molar refractivity (Wildman–Crippen MR) is 53.0 cm³/mol. The smallest absolute Gasteiger partial charge is 0.156 e. The van der Waals surface area contributed by atoms with E-state index in [-0.39, 0.29) is 0 Å². The van der Waals surface area contributed by atoms with Gasteiger partial charge in [-0.1, -0.05) is 11.6 Å². The standard InChI is InChI=1S/C10H12ClNO/c1-10(12)5-4-7-6-8(11)2-3-9(7)13-10/h2-3,6H,4-5,12H2,1H3. The lowest BCUT2D eigenvalue weighted by Gasteiger charge is -2.32. The lowest BCUT2D eigenvalue weighted by Crippen LogP contribution is -2.45. The van der Waals surface area contributed by atoms with Gasteiger partial charge in [-0.25, -0.2) is 0 Å². The molecule has 1 aromatic rings. The monoisotopic (exact) mass is 197 g/mol. The average molecular weight is 198 g/mol. The van der Waals surface area contributed by atoms with Crippen molar-refractivity contribution in [1.29, 1.82) is 0 Å². The van der Waals surface area contributed by atoms with Crippen LogP contribution in [-0.4, -0.2) is 5.72 Å². The summed E-state index contributed by atoms with van der Waals surface area (Å²) in [6.07, 6.45) is 1.77. The number of fused-ring (bicyclic) bond motifs is 1. The fourth-order valence-corrected chi connectivity index (χ4v) is 1.72. The van der Waals surface area contributed by atoms with Crippen LogP contribution in [0.15, 0.2) is 18.2 Å². The third kappa shape index (κ3) is 1.79. The Labute approximate surface area is 82.6 Å². The van der Waals surface area contributed by atoms with E-state index in [1.165, 1.54) is 0 Å². The molecule has 1 aliphatic rings. The van der Waals surface area contributed by atoms with Crippen molar-refractivity contribution in [2.24, 2.45) is 5.73 Å². The van der Waals surface area contributed by atoms with Crippen LogP contribution in [-0.2, 0) is 6.42 Å². The quantitative estimate of drug-likeness (QED) is 0.693. The number of ether oxygens (including phenoxy) is 1. The minimum Gasteiger partial charge on any atom is -0.473 e. The Morgan fingerprint density at radius 3 is 3.08 bits per heavy atom. The maximum atomic E-state index is 5.88. The van der Waals surface area contributed by atoms with Crippen molar-refractivity contribution in [1.82, 2.24) is 0 Å². The zero-order valence-electron chi connectivity index (χ0n) is 7.51. The fourth-order valence-electron chi connectivity index (χ4n) is 1.53. The van der Waals surface area contributed by atoms with Crippen LogP contribution in [0.5, 0.6) is 5.75 Å². The first-order valence-corrected chi connectivity index (χ1v) is 4.71. The van der Waals surface area contributed by atoms with E-state index in [2.05, 4.69) is 0 Å². The number of hydrogen-bond acceptors (Lipinski definition) is 2. The van der Waals surface area contributed by atoms with Crippen molar-refractivity contribution >= 4 is 11.6 Å². The molecule has 0 saturated heterocycles. The second-order valence-corrected chi connectivity index (χ2v) is 4.10. The lowest BCUT2D eigenvalue weighted by molar-refractivity contribution is 0.0720. The molecule has 2 N–H and O–H groups in total. The van der Waals surface area contributed by atoms with Gasteiger partial charge in [0.25, 0.3) is 0 Å². The van der Waals surface area contributed by atoms with E-state index in [0.29, 0.717) is 0 Å². The first-order chi connectivity index (χ1) is 6.07. The van der Waals surface area contributed by atoms with Crippen LogP contribution in [0.25, 0.3) is 0 Å². The van der Waals surface area contributed by atoms with Crippen molar-refractivity contribution in [2.75, 3.05) is 0 Å². The van der Waals surface area contributed by atoms with Crippen LogP contribution in [0, 0.1) is 0 Å². The van der Waals surface area contributed by atoms with Gasteiger partial charge in [-0.3, -0.25) is 5.73 Å². The first kappa shape index (κ1) is 8.85. The maximum absolute atomic E-state index is 5.88. The van der Waals surface area contributed by atoms with E-state index in [4.69, 9.17) is 22.1 Å². The van der Waals surface area contributed by atoms with Crippen molar-refractivity contribution in [3.8, 4) is 5.75 Å². The highest BCUT2D eigenvalue weighted by Gasteiger charge is 2.26. The van der Waals surface area contributed by atoms with Gasteiger partial charge >= 0.3 is 0 Å². The van der Waals surface area contributed by atoms with Gasteiger partial charge in [0, 0.05) is 11.4 Å². The second-order valence-electron chi connectivity index (χ2n) is 3.67. The van der Waals surface area contributed by atoms with E-state index >= 15 is 0 Å². The van der Waals surface area contributed by atoms with Gasteiger partial charge in [0.15, 0.2) is 5.72 Å². The molecule has 13 heavy (non-hydrogen) atoms. The second kappa shape index (κ2) is 2.89. The van der Waals surface area contributed by atoms with Crippen molar-refractivity contribution in [3.63, 3.8) is 0 Å². The molecule has 0 saturated carbocycles. The molecule has 0 radical (unpaired) electrons. The van der Waals surface area contributed by atoms with Crippen molar-refractivity contribution in [2.45, 2.75) is 25.5 Å². The summed E-state index contributed by atoms with van der Waals surface area (Å²) in [5, 5.41) is 0.753. The Morgan fingerprint density at radius 2 is 2.31 bits per heavy atom. The highest BCUT2D eigenvalue weighted by atomic mass is 35.5. The largest absolute Gasteiger partial charge is 0.473 e. The molecule has 1 unspecified atom stereocenters. The predicted octanol–water partition coefficient (Wildman–Crippen LogP) is 2.34. The maximum Gasteiger partial charge on any atom is 0.156 e. The lowest BCUT2D eigenvalue weighted by atomic mass is 10.00. The van der Waals surface area contributed by atoms with E-state index < -0.39 is 5.72 Å². The number of aryl methyl sites for hydroxylation is 1. The van der Waals surface area contributed by atoms with E-state index in [0.717, 1.165) is 29.2 Å². The summed E-state index contributed by atoms with van der Waals surface area (Å²) in [5.41, 5.74) is 6.50. The van der Waals surface area contributed by atoms with Gasteiger partial charge < -0.3 is 4.74 Å². The van der Waals surface area contributed by atoms with Gasteiger partial charge in [0.1, 0.15) is 5.75 Å². The summed E-state index contributed by atoms with van der Waals surface area (Å²) in [6.45, 7) is 1.89. The molecule has 1 atom stereocenters. The highest BCUT2D eigenvalue weighted by molar-refractivity contribution is 6.30.